The van der Waals surface area contributed by atoms with Gasteiger partial charge in [0.15, 0.2) is 0 Å². The molecule has 1 unspecified atom stereocenters. The highest BCUT2D eigenvalue weighted by Crippen LogP contribution is 2.45. The van der Waals surface area contributed by atoms with Gasteiger partial charge in [0, 0.05) is 44.7 Å². The summed E-state index contributed by atoms with van der Waals surface area (Å²) in [4.78, 5) is 32.4. The molecular weight excluding hydrogens is 521 g/mol. The molecule has 0 radical (unpaired) electrons. The minimum Gasteiger partial charge on any atom is -0.331 e. The van der Waals surface area contributed by atoms with Crippen molar-refractivity contribution in [1.29, 1.82) is 0 Å². The zero-order valence-electron chi connectivity index (χ0n) is 22.7. The molecule has 3 amide bonds. The SMILES string of the molecule is NC1CCN(C(=O)N2CCC(n3ncc(C(=O)N4CCCC4c4ccccc4C(F)(F)F)c3C3CC3)CC2)CC1. The summed E-state index contributed by atoms with van der Waals surface area (Å²) >= 11 is 0. The molecule has 11 heteroatoms. The Hall–Kier alpha value is -3.08. The van der Waals surface area contributed by atoms with Crippen LogP contribution in [0.2, 0.25) is 0 Å². The highest BCUT2D eigenvalue weighted by molar-refractivity contribution is 5.96. The number of benzene rings is 1. The Kier molecular flexibility index (Phi) is 7.27. The second-order valence-corrected chi connectivity index (χ2v) is 11.7. The molecule has 8 nitrogen and oxygen atoms in total. The van der Waals surface area contributed by atoms with E-state index in [2.05, 4.69) is 5.10 Å². The van der Waals surface area contributed by atoms with E-state index in [1.807, 2.05) is 14.5 Å². The highest BCUT2D eigenvalue weighted by atomic mass is 19.4. The van der Waals surface area contributed by atoms with E-state index in [9.17, 15) is 22.8 Å². The molecular formula is C29H37F3N6O2. The number of halogens is 3. The zero-order valence-corrected chi connectivity index (χ0v) is 22.7. The number of urea groups is 1. The number of hydrogen-bond acceptors (Lipinski definition) is 4. The maximum absolute atomic E-state index is 13.9. The van der Waals surface area contributed by atoms with Crippen molar-refractivity contribution >= 4 is 11.9 Å². The molecule has 4 fully saturated rings. The van der Waals surface area contributed by atoms with E-state index >= 15 is 0 Å². The van der Waals surface area contributed by atoms with E-state index in [0.29, 0.717) is 51.1 Å². The summed E-state index contributed by atoms with van der Waals surface area (Å²) in [5, 5.41) is 4.68. The van der Waals surface area contributed by atoms with Crippen LogP contribution < -0.4 is 5.73 Å². The molecule has 3 saturated heterocycles. The summed E-state index contributed by atoms with van der Waals surface area (Å²) in [6, 6.07) is 5.31. The van der Waals surface area contributed by atoms with Crippen LogP contribution >= 0.6 is 0 Å². The largest absolute Gasteiger partial charge is 0.416 e. The fourth-order valence-electron chi connectivity index (χ4n) is 6.72. The van der Waals surface area contributed by atoms with E-state index in [-0.39, 0.29) is 35.5 Å². The summed E-state index contributed by atoms with van der Waals surface area (Å²) < 4.78 is 43.4. The maximum atomic E-state index is 13.9. The van der Waals surface area contributed by atoms with Gasteiger partial charge in [0.25, 0.3) is 5.91 Å². The van der Waals surface area contributed by atoms with E-state index < -0.39 is 17.8 Å². The summed E-state index contributed by atoms with van der Waals surface area (Å²) in [5.74, 6) is 0.00531. The Labute approximate surface area is 232 Å². The minimum atomic E-state index is -4.48. The van der Waals surface area contributed by atoms with Gasteiger partial charge in [-0.3, -0.25) is 9.48 Å². The lowest BCUT2D eigenvalue weighted by Crippen LogP contribution is -2.51. The molecule has 4 aliphatic rings. The molecule has 216 valence electrons. The quantitative estimate of drug-likeness (QED) is 0.576. The second kappa shape index (κ2) is 10.7. The molecule has 1 aromatic heterocycles. The highest BCUT2D eigenvalue weighted by Gasteiger charge is 2.42. The van der Waals surface area contributed by atoms with E-state index in [4.69, 9.17) is 5.73 Å². The van der Waals surface area contributed by atoms with Gasteiger partial charge in [-0.1, -0.05) is 18.2 Å². The lowest BCUT2D eigenvalue weighted by molar-refractivity contribution is -0.138. The Morgan fingerprint density at radius 1 is 0.875 bits per heavy atom. The van der Waals surface area contributed by atoms with Crippen LogP contribution in [0.4, 0.5) is 18.0 Å². The molecule has 1 saturated carbocycles. The van der Waals surface area contributed by atoms with Crippen LogP contribution in [0.15, 0.2) is 30.5 Å². The van der Waals surface area contributed by atoms with Gasteiger partial charge >= 0.3 is 12.2 Å². The third kappa shape index (κ3) is 5.20. The Morgan fingerprint density at radius 3 is 2.17 bits per heavy atom. The van der Waals surface area contributed by atoms with Gasteiger partial charge in [0.1, 0.15) is 0 Å². The van der Waals surface area contributed by atoms with Crippen LogP contribution in [0.5, 0.6) is 0 Å². The van der Waals surface area contributed by atoms with Gasteiger partial charge in [0.2, 0.25) is 0 Å². The summed E-state index contributed by atoms with van der Waals surface area (Å²) in [5.41, 5.74) is 6.91. The van der Waals surface area contributed by atoms with Crippen molar-refractivity contribution in [2.24, 2.45) is 5.73 Å². The maximum Gasteiger partial charge on any atom is 0.416 e. The Morgan fingerprint density at radius 2 is 1.52 bits per heavy atom. The van der Waals surface area contributed by atoms with E-state index in [1.165, 1.54) is 12.1 Å². The number of amides is 3. The molecule has 6 rings (SSSR count). The standard InChI is InChI=1S/C29H37F3N6O2/c30-29(31,32)24-5-2-1-4-22(24)25-6-3-13-37(25)27(39)23-18-34-38(26(23)19-7-8-19)21-11-16-36(17-12-21)28(40)35-14-9-20(33)10-15-35/h1-2,4-5,18-21,25H,3,6-17,33H2. The van der Waals surface area contributed by atoms with Crippen LogP contribution in [0.3, 0.4) is 0 Å². The summed E-state index contributed by atoms with van der Waals surface area (Å²) in [6.07, 6.45) is 3.41. The van der Waals surface area contributed by atoms with Crippen LogP contribution in [0.1, 0.15) is 96.5 Å². The zero-order chi connectivity index (χ0) is 28.0. The first kappa shape index (κ1) is 27.1. The van der Waals surface area contributed by atoms with E-state index in [0.717, 1.165) is 50.3 Å². The summed E-state index contributed by atoms with van der Waals surface area (Å²) in [7, 11) is 0. The first-order valence-corrected chi connectivity index (χ1v) is 14.6. The molecule has 2 N–H and O–H groups in total. The van der Waals surface area contributed by atoms with Gasteiger partial charge in [-0.15, -0.1) is 0 Å². The van der Waals surface area contributed by atoms with Crippen LogP contribution in [-0.2, 0) is 6.18 Å². The lowest BCUT2D eigenvalue weighted by atomic mass is 9.97. The Bertz CT molecular complexity index is 1240. The molecule has 40 heavy (non-hydrogen) atoms. The number of alkyl halides is 3. The average molecular weight is 559 g/mol. The van der Waals surface area contributed by atoms with Crippen molar-refractivity contribution in [2.45, 2.75) is 81.6 Å². The van der Waals surface area contributed by atoms with Gasteiger partial charge in [-0.2, -0.15) is 18.3 Å². The number of aromatic nitrogens is 2. The number of carbonyl (C=O) groups is 2. The number of likely N-dealkylation sites (tertiary alicyclic amines) is 3. The molecule has 3 aliphatic heterocycles. The molecule has 0 bridgehead atoms. The number of nitrogens with two attached hydrogens (primary N) is 1. The van der Waals surface area contributed by atoms with Crippen LogP contribution in [-0.4, -0.2) is 75.2 Å². The first-order valence-electron chi connectivity index (χ1n) is 14.6. The van der Waals surface area contributed by atoms with Crippen molar-refractivity contribution in [3.05, 3.63) is 52.8 Å². The minimum absolute atomic E-state index is 0.0725. The molecule has 1 aliphatic carbocycles. The number of piperidine rings is 2. The summed E-state index contributed by atoms with van der Waals surface area (Å²) in [6.45, 7) is 3.07. The van der Waals surface area contributed by atoms with Gasteiger partial charge in [-0.25, -0.2) is 4.79 Å². The molecule has 2 aromatic rings. The number of carbonyl (C=O) groups excluding carboxylic acids is 2. The number of nitrogens with zero attached hydrogens (tertiary/aromatic N) is 5. The molecule has 0 spiro atoms. The smallest absolute Gasteiger partial charge is 0.331 e. The Balaban J connectivity index is 1.18. The van der Waals surface area contributed by atoms with Gasteiger partial charge in [0.05, 0.1) is 35.1 Å². The number of hydrogen-bond donors (Lipinski definition) is 1. The monoisotopic (exact) mass is 558 g/mol. The van der Waals surface area contributed by atoms with Crippen molar-refractivity contribution < 1.29 is 22.8 Å². The average Bonchev–Trinajstić information content (AvgIpc) is 3.50. The van der Waals surface area contributed by atoms with Crippen molar-refractivity contribution in [2.75, 3.05) is 32.7 Å². The lowest BCUT2D eigenvalue weighted by Gasteiger charge is -2.38. The van der Waals surface area contributed by atoms with Gasteiger partial charge in [-0.05, 0) is 63.0 Å². The van der Waals surface area contributed by atoms with E-state index in [1.54, 1.807) is 17.2 Å². The third-order valence-electron chi connectivity index (χ3n) is 9.06. The van der Waals surface area contributed by atoms with Gasteiger partial charge < -0.3 is 20.4 Å². The predicted molar refractivity (Wildman–Crippen MR) is 143 cm³/mol. The second-order valence-electron chi connectivity index (χ2n) is 11.7. The van der Waals surface area contributed by atoms with Crippen molar-refractivity contribution in [1.82, 2.24) is 24.5 Å². The van der Waals surface area contributed by atoms with Crippen molar-refractivity contribution in [3.63, 3.8) is 0 Å². The fourth-order valence-corrected chi connectivity index (χ4v) is 6.72. The molecule has 1 atom stereocenters. The fraction of sp³-hybridized carbons (Fsp3) is 0.621. The molecule has 4 heterocycles. The predicted octanol–water partition coefficient (Wildman–Crippen LogP) is 4.94. The molecule has 1 aromatic carbocycles. The van der Waals surface area contributed by atoms with Crippen LogP contribution in [0.25, 0.3) is 0 Å². The van der Waals surface area contributed by atoms with Crippen molar-refractivity contribution in [3.8, 4) is 0 Å². The number of rotatable bonds is 4. The van der Waals surface area contributed by atoms with Crippen LogP contribution in [0, 0.1) is 0 Å². The third-order valence-corrected chi connectivity index (χ3v) is 9.06. The first-order chi connectivity index (χ1) is 19.2. The topological polar surface area (TPSA) is 87.7 Å². The normalized spacial score (nSPS) is 23.2.